The lowest BCUT2D eigenvalue weighted by molar-refractivity contribution is -0.122. The van der Waals surface area contributed by atoms with Gasteiger partial charge in [0.2, 0.25) is 5.91 Å². The van der Waals surface area contributed by atoms with E-state index in [4.69, 9.17) is 11.6 Å². The highest BCUT2D eigenvalue weighted by molar-refractivity contribution is 6.30. The van der Waals surface area contributed by atoms with Gasteiger partial charge in [-0.05, 0) is 44.2 Å². The molecule has 0 saturated carbocycles. The first-order valence-electron chi connectivity index (χ1n) is 7.73. The van der Waals surface area contributed by atoms with Crippen LogP contribution in [0.2, 0.25) is 5.02 Å². The van der Waals surface area contributed by atoms with Crippen LogP contribution in [-0.2, 0) is 11.3 Å². The van der Waals surface area contributed by atoms with Crippen molar-refractivity contribution in [3.05, 3.63) is 70.2 Å². The molecule has 2 aromatic carbocycles. The van der Waals surface area contributed by atoms with Crippen LogP contribution in [-0.4, -0.2) is 24.4 Å². The Hall–Kier alpha value is -1.84. The average molecular weight is 331 g/mol. The zero-order chi connectivity index (χ0) is 16.8. The predicted octanol–water partition coefficient (Wildman–Crippen LogP) is 3.96. The van der Waals surface area contributed by atoms with Crippen LogP contribution < -0.4 is 5.32 Å². The first kappa shape index (κ1) is 17.5. The summed E-state index contributed by atoms with van der Waals surface area (Å²) < 4.78 is 0. The summed E-state index contributed by atoms with van der Waals surface area (Å²) in [5.74, 6) is 0.0158. The number of carbonyl (C=O) groups excluding carboxylic acids is 1. The van der Waals surface area contributed by atoms with E-state index in [1.54, 1.807) is 0 Å². The number of halogens is 1. The van der Waals surface area contributed by atoms with Crippen LogP contribution in [0.3, 0.4) is 0 Å². The molecule has 0 spiro atoms. The number of hydrogen-bond acceptors (Lipinski definition) is 2. The Balaban J connectivity index is 1.83. The molecule has 0 bridgehead atoms. The van der Waals surface area contributed by atoms with Gasteiger partial charge in [0.15, 0.2) is 0 Å². The summed E-state index contributed by atoms with van der Waals surface area (Å²) in [4.78, 5) is 14.2. The molecule has 0 aliphatic rings. The summed E-state index contributed by atoms with van der Waals surface area (Å²) in [6.45, 7) is 5.16. The molecule has 0 aliphatic carbocycles. The topological polar surface area (TPSA) is 32.3 Å². The quantitative estimate of drug-likeness (QED) is 0.869. The van der Waals surface area contributed by atoms with E-state index < -0.39 is 0 Å². The van der Waals surface area contributed by atoms with Gasteiger partial charge in [-0.15, -0.1) is 0 Å². The number of likely N-dealkylation sites (N-methyl/N-ethyl adjacent to an activating group) is 1. The Morgan fingerprint density at radius 2 is 1.74 bits per heavy atom. The van der Waals surface area contributed by atoms with Crippen molar-refractivity contribution in [3.8, 4) is 0 Å². The number of aryl methyl sites for hydroxylation is 1. The molecule has 0 fully saturated rings. The first-order valence-corrected chi connectivity index (χ1v) is 8.11. The van der Waals surface area contributed by atoms with E-state index in [9.17, 15) is 4.79 Å². The molecule has 0 aliphatic heterocycles. The van der Waals surface area contributed by atoms with E-state index in [0.717, 1.165) is 12.1 Å². The number of nitrogens with one attached hydrogen (secondary N) is 1. The second-order valence-corrected chi connectivity index (χ2v) is 6.44. The zero-order valence-electron chi connectivity index (χ0n) is 13.8. The van der Waals surface area contributed by atoms with Gasteiger partial charge in [0, 0.05) is 11.6 Å². The molecule has 0 radical (unpaired) electrons. The number of amides is 1. The van der Waals surface area contributed by atoms with Gasteiger partial charge >= 0.3 is 0 Å². The standard InChI is InChI=1S/C19H23ClN2O/c1-14-4-6-16(7-5-14)12-22(3)13-19(23)21-15(2)17-8-10-18(20)11-9-17/h4-11,15H,12-13H2,1-3H3,(H,21,23)/t15-/m1/s1. The van der Waals surface area contributed by atoms with Gasteiger partial charge in [-0.2, -0.15) is 0 Å². The van der Waals surface area contributed by atoms with E-state index in [-0.39, 0.29) is 11.9 Å². The molecular weight excluding hydrogens is 308 g/mol. The van der Waals surface area contributed by atoms with Crippen molar-refractivity contribution < 1.29 is 4.79 Å². The van der Waals surface area contributed by atoms with Gasteiger partial charge in [0.1, 0.15) is 0 Å². The lowest BCUT2D eigenvalue weighted by Crippen LogP contribution is -2.36. The first-order chi connectivity index (χ1) is 10.9. The lowest BCUT2D eigenvalue weighted by Gasteiger charge is -2.19. The Bertz CT molecular complexity index is 637. The van der Waals surface area contributed by atoms with Crippen LogP contribution in [0.1, 0.15) is 29.7 Å². The Kier molecular flexibility index (Phi) is 6.20. The second-order valence-electron chi connectivity index (χ2n) is 6.00. The Morgan fingerprint density at radius 1 is 1.13 bits per heavy atom. The summed E-state index contributed by atoms with van der Waals surface area (Å²) >= 11 is 5.88. The number of rotatable bonds is 6. The summed E-state index contributed by atoms with van der Waals surface area (Å²) in [6.07, 6.45) is 0. The van der Waals surface area contributed by atoms with Gasteiger partial charge in [-0.1, -0.05) is 53.6 Å². The molecule has 2 rings (SSSR count). The lowest BCUT2D eigenvalue weighted by atomic mass is 10.1. The number of carbonyl (C=O) groups is 1. The highest BCUT2D eigenvalue weighted by Crippen LogP contribution is 2.16. The molecule has 1 atom stereocenters. The molecule has 0 unspecified atom stereocenters. The number of nitrogens with zero attached hydrogens (tertiary/aromatic N) is 1. The predicted molar refractivity (Wildman–Crippen MR) is 95.5 cm³/mol. The molecule has 1 N–H and O–H groups in total. The van der Waals surface area contributed by atoms with Gasteiger partial charge < -0.3 is 5.32 Å². The molecule has 1 amide bonds. The molecule has 2 aromatic rings. The molecule has 0 heterocycles. The third-order valence-corrected chi connectivity index (χ3v) is 3.99. The van der Waals surface area contributed by atoms with E-state index in [1.165, 1.54) is 11.1 Å². The van der Waals surface area contributed by atoms with Crippen LogP contribution in [0.5, 0.6) is 0 Å². The van der Waals surface area contributed by atoms with Gasteiger partial charge in [-0.3, -0.25) is 9.69 Å². The Morgan fingerprint density at radius 3 is 2.35 bits per heavy atom. The number of hydrogen-bond donors (Lipinski definition) is 1. The average Bonchev–Trinajstić information content (AvgIpc) is 2.50. The minimum Gasteiger partial charge on any atom is -0.348 e. The fourth-order valence-corrected chi connectivity index (χ4v) is 2.55. The third-order valence-electron chi connectivity index (χ3n) is 3.73. The molecular formula is C19H23ClN2O. The molecule has 0 saturated heterocycles. The van der Waals surface area contributed by atoms with Crippen LogP contribution in [0.15, 0.2) is 48.5 Å². The van der Waals surface area contributed by atoms with Gasteiger partial charge in [0.25, 0.3) is 0 Å². The molecule has 122 valence electrons. The summed E-state index contributed by atoms with van der Waals surface area (Å²) in [5, 5.41) is 3.72. The van der Waals surface area contributed by atoms with Gasteiger partial charge in [-0.25, -0.2) is 0 Å². The van der Waals surface area contributed by atoms with E-state index in [0.29, 0.717) is 11.6 Å². The monoisotopic (exact) mass is 330 g/mol. The van der Waals surface area contributed by atoms with Crippen LogP contribution in [0.25, 0.3) is 0 Å². The zero-order valence-corrected chi connectivity index (χ0v) is 14.6. The normalized spacial score (nSPS) is 12.2. The van der Waals surface area contributed by atoms with Crippen molar-refractivity contribution in [2.45, 2.75) is 26.4 Å². The maximum absolute atomic E-state index is 12.2. The molecule has 0 aromatic heterocycles. The maximum atomic E-state index is 12.2. The summed E-state index contributed by atoms with van der Waals surface area (Å²) in [5.41, 5.74) is 3.49. The van der Waals surface area contributed by atoms with Crippen molar-refractivity contribution in [2.75, 3.05) is 13.6 Å². The van der Waals surface area contributed by atoms with Crippen molar-refractivity contribution in [1.29, 1.82) is 0 Å². The molecule has 3 nitrogen and oxygen atoms in total. The van der Waals surface area contributed by atoms with Crippen molar-refractivity contribution in [1.82, 2.24) is 10.2 Å². The smallest absolute Gasteiger partial charge is 0.234 e. The number of benzene rings is 2. The molecule has 4 heteroatoms. The van der Waals surface area contributed by atoms with Crippen LogP contribution >= 0.6 is 11.6 Å². The van der Waals surface area contributed by atoms with Crippen molar-refractivity contribution in [3.63, 3.8) is 0 Å². The highest BCUT2D eigenvalue weighted by atomic mass is 35.5. The van der Waals surface area contributed by atoms with Crippen LogP contribution in [0.4, 0.5) is 0 Å². The second kappa shape index (κ2) is 8.14. The van der Waals surface area contributed by atoms with E-state index in [1.807, 2.05) is 43.1 Å². The minimum atomic E-state index is -0.0347. The van der Waals surface area contributed by atoms with E-state index in [2.05, 4.69) is 36.5 Å². The largest absolute Gasteiger partial charge is 0.348 e. The van der Waals surface area contributed by atoms with E-state index >= 15 is 0 Å². The van der Waals surface area contributed by atoms with Gasteiger partial charge in [0.05, 0.1) is 12.6 Å². The fourth-order valence-electron chi connectivity index (χ4n) is 2.43. The minimum absolute atomic E-state index is 0.0158. The third kappa shape index (κ3) is 5.70. The summed E-state index contributed by atoms with van der Waals surface area (Å²) in [6, 6.07) is 15.9. The maximum Gasteiger partial charge on any atom is 0.234 e. The highest BCUT2D eigenvalue weighted by Gasteiger charge is 2.11. The Labute approximate surface area is 143 Å². The van der Waals surface area contributed by atoms with Crippen molar-refractivity contribution in [2.24, 2.45) is 0 Å². The molecule has 23 heavy (non-hydrogen) atoms. The SMILES string of the molecule is Cc1ccc(CN(C)CC(=O)N[C@H](C)c2ccc(Cl)cc2)cc1. The fraction of sp³-hybridized carbons (Fsp3) is 0.316. The van der Waals surface area contributed by atoms with Crippen molar-refractivity contribution >= 4 is 17.5 Å². The summed E-state index contributed by atoms with van der Waals surface area (Å²) in [7, 11) is 1.95. The van der Waals surface area contributed by atoms with Crippen LogP contribution in [0, 0.1) is 6.92 Å².